The second-order valence-corrected chi connectivity index (χ2v) is 12.7. The van der Waals surface area contributed by atoms with Crippen LogP contribution in [0.2, 0.25) is 0 Å². The third-order valence-electron chi connectivity index (χ3n) is 6.01. The Hall–Kier alpha value is -2.94. The average Bonchev–Trinajstić information content (AvgIpc) is 2.87. The van der Waals surface area contributed by atoms with Crippen molar-refractivity contribution in [2.45, 2.75) is 105 Å². The zero-order valence-corrected chi connectivity index (χ0v) is 28.6. The van der Waals surface area contributed by atoms with Crippen LogP contribution in [-0.2, 0) is 14.3 Å². The first kappa shape index (κ1) is 38.1. The van der Waals surface area contributed by atoms with Gasteiger partial charge in [-0.05, 0) is 91.0 Å². The Morgan fingerprint density at radius 3 is 1.20 bits per heavy atom. The summed E-state index contributed by atoms with van der Waals surface area (Å²) in [6, 6.07) is 7.48. The molecule has 0 saturated carbocycles. The lowest BCUT2D eigenvalue weighted by molar-refractivity contribution is -0.00230. The van der Waals surface area contributed by atoms with Crippen LogP contribution >= 0.6 is 15.9 Å². The molecule has 8 nitrogen and oxygen atoms in total. The van der Waals surface area contributed by atoms with Gasteiger partial charge in [0.25, 0.3) is 0 Å². The summed E-state index contributed by atoms with van der Waals surface area (Å²) in [5, 5.41) is 2.26. The zero-order valence-electron chi connectivity index (χ0n) is 27.0. The summed E-state index contributed by atoms with van der Waals surface area (Å²) in [4.78, 5) is 36.9. The van der Waals surface area contributed by atoms with E-state index in [1.54, 1.807) is 20.8 Å². The fourth-order valence-corrected chi connectivity index (χ4v) is 4.89. The standard InChI is InChI=1S/C14H19BrO2.C14H21NO2.C4H9NO2/c2*1-8(2)11-6-10(14(16)17-5)7-12(9(3)4)13(11)15;1-4(2,3)7-5-6/h6-9H,1-5H3;6-9H,15H2,1-5H3;1-3H3. The minimum Gasteiger partial charge on any atom is -0.465 e. The van der Waals surface area contributed by atoms with Crippen LogP contribution < -0.4 is 5.73 Å². The van der Waals surface area contributed by atoms with Gasteiger partial charge < -0.3 is 20.0 Å². The highest BCUT2D eigenvalue weighted by molar-refractivity contribution is 9.10. The number of methoxy groups -OCH3 is 2. The molecule has 0 bridgehead atoms. The number of anilines is 1. The Morgan fingerprint density at radius 1 is 0.707 bits per heavy atom. The summed E-state index contributed by atoms with van der Waals surface area (Å²) in [7, 11) is 2.80. The number of halogens is 1. The van der Waals surface area contributed by atoms with Crippen LogP contribution in [0.3, 0.4) is 0 Å². The fourth-order valence-electron chi connectivity index (χ4n) is 3.75. The lowest BCUT2D eigenvalue weighted by atomic mass is 9.90. The van der Waals surface area contributed by atoms with Gasteiger partial charge in [0, 0.05) is 10.2 Å². The summed E-state index contributed by atoms with van der Waals surface area (Å²) >= 11 is 3.64. The first-order valence-corrected chi connectivity index (χ1v) is 14.6. The molecule has 230 valence electrons. The normalized spacial score (nSPS) is 11.0. The van der Waals surface area contributed by atoms with Crippen LogP contribution in [0.5, 0.6) is 0 Å². The highest BCUT2D eigenvalue weighted by atomic mass is 79.9. The maximum Gasteiger partial charge on any atom is 0.337 e. The van der Waals surface area contributed by atoms with E-state index in [9.17, 15) is 14.5 Å². The van der Waals surface area contributed by atoms with Gasteiger partial charge in [-0.25, -0.2) is 9.59 Å². The Kier molecular flexibility index (Phi) is 15.9. The van der Waals surface area contributed by atoms with Crippen LogP contribution in [0.4, 0.5) is 5.69 Å². The van der Waals surface area contributed by atoms with Crippen LogP contribution in [0, 0.1) is 4.91 Å². The number of nitrogens with two attached hydrogens (primary N) is 1. The number of esters is 2. The van der Waals surface area contributed by atoms with Crippen molar-refractivity contribution < 1.29 is 23.9 Å². The average molecular weight is 638 g/mol. The molecule has 0 fully saturated rings. The third kappa shape index (κ3) is 12.2. The number of hydrogen-bond acceptors (Lipinski definition) is 8. The van der Waals surface area contributed by atoms with E-state index in [1.807, 2.05) is 24.3 Å². The van der Waals surface area contributed by atoms with Gasteiger partial charge >= 0.3 is 11.9 Å². The van der Waals surface area contributed by atoms with Crippen molar-refractivity contribution in [2.75, 3.05) is 20.0 Å². The smallest absolute Gasteiger partial charge is 0.337 e. The van der Waals surface area contributed by atoms with Gasteiger partial charge in [-0.15, -0.1) is 4.91 Å². The Morgan fingerprint density at radius 2 is 1.00 bits per heavy atom. The highest BCUT2D eigenvalue weighted by Gasteiger charge is 2.18. The largest absolute Gasteiger partial charge is 0.465 e. The van der Waals surface area contributed by atoms with Crippen molar-refractivity contribution in [3.8, 4) is 0 Å². The van der Waals surface area contributed by atoms with Crippen molar-refractivity contribution in [3.63, 3.8) is 0 Å². The predicted molar refractivity (Wildman–Crippen MR) is 171 cm³/mol. The quantitative estimate of drug-likeness (QED) is 0.139. The van der Waals surface area contributed by atoms with Gasteiger partial charge in [0.05, 0.1) is 25.3 Å². The van der Waals surface area contributed by atoms with E-state index in [0.29, 0.717) is 23.0 Å². The Balaban J connectivity index is 0.000000637. The molecule has 0 radical (unpaired) electrons. The second kappa shape index (κ2) is 17.1. The molecule has 2 rings (SSSR count). The van der Waals surface area contributed by atoms with Crippen molar-refractivity contribution in [2.24, 2.45) is 5.34 Å². The number of carbonyl (C=O) groups is 2. The first-order valence-electron chi connectivity index (χ1n) is 13.8. The number of hydrogen-bond donors (Lipinski definition) is 1. The molecule has 0 amide bonds. The van der Waals surface area contributed by atoms with Gasteiger partial charge in [0.2, 0.25) is 0 Å². The molecule has 0 unspecified atom stereocenters. The highest BCUT2D eigenvalue weighted by Crippen LogP contribution is 2.34. The monoisotopic (exact) mass is 636 g/mol. The second-order valence-electron chi connectivity index (χ2n) is 11.9. The minimum atomic E-state index is -0.429. The first-order chi connectivity index (χ1) is 18.8. The summed E-state index contributed by atoms with van der Waals surface area (Å²) in [6.45, 7) is 22.0. The van der Waals surface area contributed by atoms with Crippen LogP contribution in [0.1, 0.15) is 143 Å². The fraction of sp³-hybridized carbons (Fsp3) is 0.562. The summed E-state index contributed by atoms with van der Waals surface area (Å²) < 4.78 is 10.7. The number of carbonyl (C=O) groups excluding carboxylic acids is 2. The Labute approximate surface area is 254 Å². The number of benzene rings is 2. The van der Waals surface area contributed by atoms with Crippen LogP contribution in [-0.4, -0.2) is 31.8 Å². The topological polar surface area (TPSA) is 117 Å². The van der Waals surface area contributed by atoms with E-state index in [1.165, 1.54) is 14.2 Å². The number of ether oxygens (including phenoxy) is 2. The molecule has 9 heteroatoms. The van der Waals surface area contributed by atoms with E-state index in [4.69, 9.17) is 15.2 Å². The molecule has 0 aliphatic carbocycles. The van der Waals surface area contributed by atoms with E-state index in [2.05, 4.69) is 81.5 Å². The molecule has 0 aliphatic rings. The van der Waals surface area contributed by atoms with E-state index in [-0.39, 0.29) is 23.8 Å². The van der Waals surface area contributed by atoms with Gasteiger partial charge in [-0.1, -0.05) is 71.3 Å². The van der Waals surface area contributed by atoms with E-state index < -0.39 is 5.60 Å². The molecular formula is C32H49BrN2O6. The zero-order chi connectivity index (χ0) is 32.2. The molecule has 0 saturated heterocycles. The molecule has 0 heterocycles. The molecular weight excluding hydrogens is 588 g/mol. The maximum absolute atomic E-state index is 11.6. The molecule has 0 spiro atoms. The van der Waals surface area contributed by atoms with E-state index >= 15 is 0 Å². The summed E-state index contributed by atoms with van der Waals surface area (Å²) in [6.07, 6.45) is 0. The summed E-state index contributed by atoms with van der Waals surface area (Å²) in [5.74, 6) is 0.724. The van der Waals surface area contributed by atoms with Crippen LogP contribution in [0.15, 0.2) is 34.1 Å². The number of rotatable bonds is 7. The molecule has 0 aromatic heterocycles. The van der Waals surface area contributed by atoms with Gasteiger partial charge in [0.1, 0.15) is 5.60 Å². The molecule has 2 aromatic rings. The SMILES string of the molecule is CC(C)(C)ON=O.COC(=O)c1cc(C(C)C)c(Br)c(C(C)C)c1.COC(=O)c1cc(C(C)C)c(N)c(C(C)C)c1. The molecule has 2 aromatic carbocycles. The maximum atomic E-state index is 11.6. The lowest BCUT2D eigenvalue weighted by Crippen LogP contribution is -2.14. The van der Waals surface area contributed by atoms with Crippen molar-refractivity contribution in [3.05, 3.63) is 67.0 Å². The molecule has 2 N–H and O–H groups in total. The van der Waals surface area contributed by atoms with Gasteiger partial charge in [-0.3, -0.25) is 0 Å². The van der Waals surface area contributed by atoms with Crippen LogP contribution in [0.25, 0.3) is 0 Å². The molecule has 0 atom stereocenters. The lowest BCUT2D eigenvalue weighted by Gasteiger charge is -2.17. The molecule has 0 aliphatic heterocycles. The Bertz CT molecular complexity index is 1030. The van der Waals surface area contributed by atoms with Gasteiger partial charge in [-0.2, -0.15) is 0 Å². The number of nitrogens with zero attached hydrogens (tertiary/aromatic N) is 1. The predicted octanol–water partition coefficient (Wildman–Crippen LogP) is 9.27. The minimum absolute atomic E-state index is 0.277. The van der Waals surface area contributed by atoms with Crippen molar-refractivity contribution in [1.82, 2.24) is 0 Å². The third-order valence-corrected chi connectivity index (χ3v) is 6.93. The van der Waals surface area contributed by atoms with Gasteiger partial charge in [0.15, 0.2) is 5.34 Å². The molecule has 41 heavy (non-hydrogen) atoms. The van der Waals surface area contributed by atoms with E-state index in [0.717, 1.165) is 32.4 Å². The van der Waals surface area contributed by atoms with Crippen molar-refractivity contribution >= 4 is 33.6 Å². The van der Waals surface area contributed by atoms with Crippen molar-refractivity contribution in [1.29, 1.82) is 0 Å². The summed E-state index contributed by atoms with van der Waals surface area (Å²) in [5.41, 5.74) is 12.0. The number of nitrogen functional groups attached to an aromatic ring is 1.